The Morgan fingerprint density at radius 3 is 2.88 bits per heavy atom. The zero-order valence-electron chi connectivity index (χ0n) is 15.2. The molecule has 0 aliphatic rings. The Morgan fingerprint density at radius 2 is 2.15 bits per heavy atom. The first-order valence-corrected chi connectivity index (χ1v) is 9.45. The molecule has 3 aromatic rings. The van der Waals surface area contributed by atoms with E-state index in [2.05, 4.69) is 30.3 Å². The van der Waals surface area contributed by atoms with Crippen LogP contribution in [-0.2, 0) is 13.2 Å². The summed E-state index contributed by atoms with van der Waals surface area (Å²) in [6, 6.07) is 9.82. The zero-order chi connectivity index (χ0) is 18.5. The molecule has 1 aromatic carbocycles. The summed E-state index contributed by atoms with van der Waals surface area (Å²) in [4.78, 5) is 13.1. The van der Waals surface area contributed by atoms with Crippen molar-refractivity contribution in [3.8, 4) is 5.75 Å². The lowest BCUT2D eigenvalue weighted by Crippen LogP contribution is -2.35. The van der Waals surface area contributed by atoms with E-state index in [0.29, 0.717) is 18.0 Å². The molecule has 26 heavy (non-hydrogen) atoms. The maximum absolute atomic E-state index is 12.4. The molecule has 5 nitrogen and oxygen atoms in total. The van der Waals surface area contributed by atoms with Gasteiger partial charge in [0.15, 0.2) is 0 Å². The molecule has 1 atom stereocenters. The van der Waals surface area contributed by atoms with Gasteiger partial charge in [0.05, 0.1) is 11.4 Å². The smallest absolute Gasteiger partial charge is 0.261 e. The van der Waals surface area contributed by atoms with Crippen molar-refractivity contribution in [3.63, 3.8) is 0 Å². The molecule has 6 heteroatoms. The Labute approximate surface area is 157 Å². The molecule has 0 aliphatic carbocycles. The van der Waals surface area contributed by atoms with Crippen LogP contribution in [0.15, 0.2) is 48.1 Å². The second-order valence-corrected chi connectivity index (χ2v) is 7.37. The Morgan fingerprint density at radius 1 is 1.31 bits per heavy atom. The number of hydrogen-bond acceptors (Lipinski definition) is 4. The van der Waals surface area contributed by atoms with E-state index in [0.717, 1.165) is 11.3 Å². The van der Waals surface area contributed by atoms with Crippen LogP contribution in [0, 0.1) is 13.8 Å². The fourth-order valence-electron chi connectivity index (χ4n) is 2.57. The van der Waals surface area contributed by atoms with Gasteiger partial charge in [0.2, 0.25) is 0 Å². The van der Waals surface area contributed by atoms with Gasteiger partial charge in [-0.15, -0.1) is 11.3 Å². The molecular formula is C20H23N3O2S. The highest BCUT2D eigenvalue weighted by Gasteiger charge is 2.13. The lowest BCUT2D eigenvalue weighted by molar-refractivity contribution is 0.0940. The highest BCUT2D eigenvalue weighted by atomic mass is 32.1. The van der Waals surface area contributed by atoms with E-state index < -0.39 is 0 Å². The summed E-state index contributed by atoms with van der Waals surface area (Å²) in [5.74, 6) is 0.783. The van der Waals surface area contributed by atoms with Gasteiger partial charge in [-0.05, 0) is 61.5 Å². The molecule has 2 aromatic heterocycles. The van der Waals surface area contributed by atoms with Crippen LogP contribution in [0.5, 0.6) is 5.75 Å². The monoisotopic (exact) mass is 369 g/mol. The van der Waals surface area contributed by atoms with Crippen LogP contribution in [0.3, 0.4) is 0 Å². The van der Waals surface area contributed by atoms with E-state index in [1.54, 1.807) is 6.20 Å². The van der Waals surface area contributed by atoms with Crippen molar-refractivity contribution in [2.45, 2.75) is 40.0 Å². The van der Waals surface area contributed by atoms with Gasteiger partial charge >= 0.3 is 0 Å². The maximum Gasteiger partial charge on any atom is 0.261 e. The summed E-state index contributed by atoms with van der Waals surface area (Å²) in [5, 5.41) is 9.13. The van der Waals surface area contributed by atoms with Crippen LogP contribution in [0.25, 0.3) is 0 Å². The fraction of sp³-hybridized carbons (Fsp3) is 0.300. The third-order valence-electron chi connectivity index (χ3n) is 4.16. The number of amides is 1. The van der Waals surface area contributed by atoms with E-state index in [9.17, 15) is 4.79 Å². The van der Waals surface area contributed by atoms with Crippen molar-refractivity contribution in [1.29, 1.82) is 0 Å². The van der Waals surface area contributed by atoms with Crippen LogP contribution >= 0.6 is 11.3 Å². The van der Waals surface area contributed by atoms with Crippen LogP contribution in [0.2, 0.25) is 0 Å². The molecular weight excluding hydrogens is 346 g/mol. The predicted octanol–water partition coefficient (Wildman–Crippen LogP) is 3.96. The van der Waals surface area contributed by atoms with Crippen molar-refractivity contribution >= 4 is 17.2 Å². The standard InChI is InChI=1S/C20H23N3O2S/c1-14-5-6-18(9-15(14)2)25-12-17-10-19(26-13-17)20(24)22-16(3)11-23-8-4-7-21-23/h4-10,13,16H,11-12H2,1-3H3,(H,22,24). The molecule has 0 radical (unpaired) electrons. The number of rotatable bonds is 7. The Kier molecular flexibility index (Phi) is 5.73. The van der Waals surface area contributed by atoms with Crippen molar-refractivity contribution in [2.75, 3.05) is 0 Å². The number of nitrogens with one attached hydrogen (secondary N) is 1. The number of carbonyl (C=O) groups is 1. The Hall–Kier alpha value is -2.60. The summed E-state index contributed by atoms with van der Waals surface area (Å²) in [5.41, 5.74) is 3.45. The largest absolute Gasteiger partial charge is 0.489 e. The number of nitrogens with zero attached hydrogens (tertiary/aromatic N) is 2. The molecule has 0 spiro atoms. The van der Waals surface area contributed by atoms with Gasteiger partial charge in [0, 0.05) is 24.0 Å². The van der Waals surface area contributed by atoms with Crippen LogP contribution in [-0.4, -0.2) is 21.7 Å². The normalized spacial score (nSPS) is 12.0. The number of aromatic nitrogens is 2. The van der Waals surface area contributed by atoms with E-state index >= 15 is 0 Å². The summed E-state index contributed by atoms with van der Waals surface area (Å²) in [6.45, 7) is 7.22. The molecule has 0 saturated heterocycles. The third-order valence-corrected chi connectivity index (χ3v) is 5.14. The molecule has 1 N–H and O–H groups in total. The van der Waals surface area contributed by atoms with Gasteiger partial charge in [0.1, 0.15) is 12.4 Å². The van der Waals surface area contributed by atoms with E-state index in [4.69, 9.17) is 4.74 Å². The average Bonchev–Trinajstić information content (AvgIpc) is 3.27. The molecule has 2 heterocycles. The third kappa shape index (κ3) is 4.73. The van der Waals surface area contributed by atoms with Crippen molar-refractivity contribution < 1.29 is 9.53 Å². The number of aryl methyl sites for hydroxylation is 2. The van der Waals surface area contributed by atoms with Gasteiger partial charge in [-0.1, -0.05) is 6.07 Å². The molecule has 0 saturated carbocycles. The molecule has 0 bridgehead atoms. The van der Waals surface area contributed by atoms with E-state index in [-0.39, 0.29) is 11.9 Å². The van der Waals surface area contributed by atoms with Gasteiger partial charge < -0.3 is 10.1 Å². The molecule has 0 fully saturated rings. The van der Waals surface area contributed by atoms with Gasteiger partial charge in [-0.3, -0.25) is 9.48 Å². The molecule has 1 amide bonds. The number of benzene rings is 1. The Bertz CT molecular complexity index is 871. The predicted molar refractivity (Wildman–Crippen MR) is 104 cm³/mol. The first kappa shape index (κ1) is 18.2. The highest BCUT2D eigenvalue weighted by molar-refractivity contribution is 7.12. The van der Waals surface area contributed by atoms with Crippen molar-refractivity contribution in [3.05, 3.63) is 69.7 Å². The highest BCUT2D eigenvalue weighted by Crippen LogP contribution is 2.20. The number of carbonyl (C=O) groups excluding carboxylic acids is 1. The van der Waals surface area contributed by atoms with Crippen molar-refractivity contribution in [1.82, 2.24) is 15.1 Å². The number of hydrogen-bond donors (Lipinski definition) is 1. The molecule has 0 aliphatic heterocycles. The minimum absolute atomic E-state index is 0.000247. The molecule has 136 valence electrons. The van der Waals surface area contributed by atoms with Crippen LogP contribution < -0.4 is 10.1 Å². The van der Waals surface area contributed by atoms with Gasteiger partial charge in [-0.25, -0.2) is 0 Å². The quantitative estimate of drug-likeness (QED) is 0.686. The van der Waals surface area contributed by atoms with Gasteiger partial charge in [0.25, 0.3) is 5.91 Å². The van der Waals surface area contributed by atoms with Crippen LogP contribution in [0.4, 0.5) is 0 Å². The minimum atomic E-state index is -0.0629. The summed E-state index contributed by atoms with van der Waals surface area (Å²) >= 11 is 1.43. The average molecular weight is 369 g/mol. The first-order chi connectivity index (χ1) is 12.5. The number of ether oxygens (including phenoxy) is 1. The van der Waals surface area contributed by atoms with Gasteiger partial charge in [-0.2, -0.15) is 5.10 Å². The van der Waals surface area contributed by atoms with Crippen molar-refractivity contribution in [2.24, 2.45) is 0 Å². The lowest BCUT2D eigenvalue weighted by Gasteiger charge is -2.13. The van der Waals surface area contributed by atoms with E-state index in [1.165, 1.54) is 22.5 Å². The molecule has 1 unspecified atom stereocenters. The SMILES string of the molecule is Cc1ccc(OCc2csc(C(=O)NC(C)Cn3cccn3)c2)cc1C. The van der Waals surface area contributed by atoms with Crippen LogP contribution in [0.1, 0.15) is 33.3 Å². The summed E-state index contributed by atoms with van der Waals surface area (Å²) in [7, 11) is 0. The number of thiophene rings is 1. The van der Waals surface area contributed by atoms with E-state index in [1.807, 2.05) is 47.4 Å². The Balaban J connectivity index is 1.53. The summed E-state index contributed by atoms with van der Waals surface area (Å²) < 4.78 is 7.64. The fourth-order valence-corrected chi connectivity index (χ4v) is 3.37. The summed E-state index contributed by atoms with van der Waals surface area (Å²) in [6.07, 6.45) is 3.62. The first-order valence-electron chi connectivity index (χ1n) is 8.57. The second kappa shape index (κ2) is 8.19. The molecule has 3 rings (SSSR count). The lowest BCUT2D eigenvalue weighted by atomic mass is 10.1. The maximum atomic E-state index is 12.4. The second-order valence-electron chi connectivity index (χ2n) is 6.46. The zero-order valence-corrected chi connectivity index (χ0v) is 16.0. The topological polar surface area (TPSA) is 56.1 Å². The minimum Gasteiger partial charge on any atom is -0.489 e.